The molecule has 0 radical (unpaired) electrons. The van der Waals surface area contributed by atoms with Crippen LogP contribution >= 0.6 is 0 Å². The number of rotatable bonds is 15. The smallest absolute Gasteiger partial charge is 0.303 e. The molecular formula is C18H34O5. The Morgan fingerprint density at radius 1 is 0.826 bits per heavy atom. The molecule has 0 saturated carbocycles. The van der Waals surface area contributed by atoms with Crippen LogP contribution in [0.2, 0.25) is 0 Å². The van der Waals surface area contributed by atoms with E-state index in [0.717, 1.165) is 12.8 Å². The van der Waals surface area contributed by atoms with E-state index in [1.54, 1.807) is 12.2 Å². The topological polar surface area (TPSA) is 98.0 Å². The summed E-state index contributed by atoms with van der Waals surface area (Å²) < 4.78 is 0. The summed E-state index contributed by atoms with van der Waals surface area (Å²) in [6, 6.07) is 0. The highest BCUT2D eigenvalue weighted by Gasteiger charge is 2.09. The van der Waals surface area contributed by atoms with Crippen molar-refractivity contribution in [2.45, 2.75) is 95.9 Å². The molecule has 5 heteroatoms. The monoisotopic (exact) mass is 330 g/mol. The Bertz CT molecular complexity index is 317. The Morgan fingerprint density at radius 2 is 1.43 bits per heavy atom. The van der Waals surface area contributed by atoms with E-state index in [2.05, 4.69) is 6.92 Å². The Balaban J connectivity index is 3.69. The highest BCUT2D eigenvalue weighted by Crippen LogP contribution is 2.11. The van der Waals surface area contributed by atoms with Crippen LogP contribution in [0.4, 0.5) is 0 Å². The number of hydrogen-bond donors (Lipinski definition) is 4. The van der Waals surface area contributed by atoms with Gasteiger partial charge in [0.05, 0.1) is 18.3 Å². The number of aliphatic carboxylic acids is 1. The van der Waals surface area contributed by atoms with Gasteiger partial charge in [0.1, 0.15) is 0 Å². The quantitative estimate of drug-likeness (QED) is 0.273. The maximum Gasteiger partial charge on any atom is 0.303 e. The maximum absolute atomic E-state index is 10.4. The molecule has 23 heavy (non-hydrogen) atoms. The maximum atomic E-state index is 10.4. The fourth-order valence-corrected chi connectivity index (χ4v) is 2.40. The van der Waals surface area contributed by atoms with Gasteiger partial charge in [0.2, 0.25) is 0 Å². The second-order valence-electron chi connectivity index (χ2n) is 6.24. The molecule has 0 fully saturated rings. The largest absolute Gasteiger partial charge is 0.481 e. The van der Waals surface area contributed by atoms with Crippen molar-refractivity contribution in [2.24, 2.45) is 0 Å². The average molecular weight is 330 g/mol. The summed E-state index contributed by atoms with van der Waals surface area (Å²) >= 11 is 0. The number of aliphatic hydroxyl groups is 3. The lowest BCUT2D eigenvalue weighted by atomic mass is 10.0. The van der Waals surface area contributed by atoms with Gasteiger partial charge < -0.3 is 20.4 Å². The Hall–Kier alpha value is -0.910. The van der Waals surface area contributed by atoms with Gasteiger partial charge in [0.15, 0.2) is 0 Å². The van der Waals surface area contributed by atoms with Crippen molar-refractivity contribution in [3.8, 4) is 0 Å². The molecule has 0 aliphatic heterocycles. The number of aliphatic hydroxyl groups excluding tert-OH is 3. The van der Waals surface area contributed by atoms with Gasteiger partial charge in [0.25, 0.3) is 0 Å². The lowest BCUT2D eigenvalue weighted by Crippen LogP contribution is -2.13. The summed E-state index contributed by atoms with van der Waals surface area (Å²) in [7, 11) is 0. The van der Waals surface area contributed by atoms with Gasteiger partial charge in [-0.25, -0.2) is 0 Å². The van der Waals surface area contributed by atoms with Crippen LogP contribution in [-0.4, -0.2) is 44.7 Å². The van der Waals surface area contributed by atoms with E-state index in [1.165, 1.54) is 19.3 Å². The molecule has 0 amide bonds. The van der Waals surface area contributed by atoms with Gasteiger partial charge in [0, 0.05) is 6.42 Å². The van der Waals surface area contributed by atoms with Crippen LogP contribution in [0.5, 0.6) is 0 Å². The van der Waals surface area contributed by atoms with E-state index < -0.39 is 24.3 Å². The Kier molecular flexibility index (Phi) is 14.1. The van der Waals surface area contributed by atoms with Gasteiger partial charge in [-0.1, -0.05) is 51.2 Å². The van der Waals surface area contributed by atoms with Crippen LogP contribution in [0.1, 0.15) is 77.6 Å². The predicted molar refractivity (Wildman–Crippen MR) is 91.3 cm³/mol. The van der Waals surface area contributed by atoms with E-state index in [1.807, 2.05) is 0 Å². The molecule has 0 aromatic rings. The summed E-state index contributed by atoms with van der Waals surface area (Å²) in [5, 5.41) is 37.8. The number of unbranched alkanes of at least 4 members (excludes halogenated alkanes) is 4. The number of hydrogen-bond acceptors (Lipinski definition) is 4. The number of carboxylic acids is 1. The van der Waals surface area contributed by atoms with Gasteiger partial charge in [-0.3, -0.25) is 4.79 Å². The van der Waals surface area contributed by atoms with E-state index >= 15 is 0 Å². The molecule has 0 saturated heterocycles. The molecular weight excluding hydrogens is 296 g/mol. The zero-order valence-corrected chi connectivity index (χ0v) is 14.4. The molecule has 0 aromatic carbocycles. The van der Waals surface area contributed by atoms with Crippen molar-refractivity contribution in [2.75, 3.05) is 0 Å². The molecule has 0 unspecified atom stereocenters. The third-order valence-corrected chi connectivity index (χ3v) is 3.88. The second-order valence-corrected chi connectivity index (χ2v) is 6.24. The minimum Gasteiger partial charge on any atom is -0.481 e. The first-order chi connectivity index (χ1) is 11.0. The van der Waals surface area contributed by atoms with Crippen molar-refractivity contribution in [3.05, 3.63) is 12.2 Å². The third-order valence-electron chi connectivity index (χ3n) is 3.88. The van der Waals surface area contributed by atoms with Gasteiger partial charge >= 0.3 is 5.97 Å². The highest BCUT2D eigenvalue weighted by atomic mass is 16.4. The van der Waals surface area contributed by atoms with Crippen molar-refractivity contribution in [1.29, 1.82) is 0 Å². The molecule has 0 aromatic heterocycles. The first-order valence-corrected chi connectivity index (χ1v) is 8.90. The first-order valence-electron chi connectivity index (χ1n) is 8.90. The van der Waals surface area contributed by atoms with Crippen LogP contribution in [0.15, 0.2) is 12.2 Å². The van der Waals surface area contributed by atoms with Gasteiger partial charge in [-0.05, 0) is 32.1 Å². The second kappa shape index (κ2) is 14.7. The van der Waals surface area contributed by atoms with Gasteiger partial charge in [-0.15, -0.1) is 0 Å². The number of carboxylic acid groups (broad SMARTS) is 1. The van der Waals surface area contributed by atoms with E-state index in [9.17, 15) is 20.1 Å². The minimum atomic E-state index is -0.858. The average Bonchev–Trinajstić information content (AvgIpc) is 2.50. The summed E-state index contributed by atoms with van der Waals surface area (Å²) in [6.45, 7) is 2.17. The molecule has 0 aliphatic carbocycles. The van der Waals surface area contributed by atoms with Gasteiger partial charge in [-0.2, -0.15) is 0 Å². The summed E-state index contributed by atoms with van der Waals surface area (Å²) in [5.74, 6) is -0.858. The van der Waals surface area contributed by atoms with Crippen LogP contribution in [0.25, 0.3) is 0 Å². The molecule has 5 nitrogen and oxygen atoms in total. The van der Waals surface area contributed by atoms with Crippen molar-refractivity contribution < 1.29 is 25.2 Å². The summed E-state index contributed by atoms with van der Waals surface area (Å²) in [5.41, 5.74) is 0. The molecule has 0 heterocycles. The fraction of sp³-hybridized carbons (Fsp3) is 0.833. The zero-order valence-electron chi connectivity index (χ0n) is 14.4. The lowest BCUT2D eigenvalue weighted by molar-refractivity contribution is -0.137. The van der Waals surface area contributed by atoms with Crippen LogP contribution in [-0.2, 0) is 4.79 Å². The van der Waals surface area contributed by atoms with Crippen molar-refractivity contribution in [1.82, 2.24) is 0 Å². The van der Waals surface area contributed by atoms with Crippen molar-refractivity contribution in [3.63, 3.8) is 0 Å². The molecule has 0 bridgehead atoms. The molecule has 0 aliphatic rings. The van der Waals surface area contributed by atoms with Crippen LogP contribution in [0, 0.1) is 0 Å². The predicted octanol–water partition coefficient (Wildman–Crippen LogP) is 3.02. The van der Waals surface area contributed by atoms with E-state index in [0.29, 0.717) is 32.1 Å². The molecule has 136 valence electrons. The normalized spacial score (nSPS) is 15.7. The first kappa shape index (κ1) is 22.1. The standard InChI is InChI=1S/C18H34O5/c1-2-3-4-5-6-8-15(19)11-13-17(21)14-12-16(20)9-7-10-18(22)23/h11,13,15-17,19-21H,2-10,12,14H2,1H3,(H,22,23)/b13-11-/t15-,16-,17-/m0/s1. The SMILES string of the molecule is CCCCCCC[C@H](O)/C=C\[C@H](O)CC[C@@H](O)CCCC(=O)O. The Labute approximate surface area is 140 Å². The molecule has 0 rings (SSSR count). The third kappa shape index (κ3) is 15.8. The summed E-state index contributed by atoms with van der Waals surface area (Å²) in [4.78, 5) is 10.4. The molecule has 0 spiro atoms. The van der Waals surface area contributed by atoms with E-state index in [4.69, 9.17) is 5.11 Å². The highest BCUT2D eigenvalue weighted by molar-refractivity contribution is 5.66. The fourth-order valence-electron chi connectivity index (χ4n) is 2.40. The van der Waals surface area contributed by atoms with E-state index in [-0.39, 0.29) is 6.42 Å². The van der Waals surface area contributed by atoms with Crippen LogP contribution < -0.4 is 0 Å². The number of carbonyl (C=O) groups is 1. The lowest BCUT2D eigenvalue weighted by Gasteiger charge is -2.12. The Morgan fingerprint density at radius 3 is 2.04 bits per heavy atom. The van der Waals surface area contributed by atoms with Crippen LogP contribution in [0.3, 0.4) is 0 Å². The molecule has 3 atom stereocenters. The van der Waals surface area contributed by atoms with Crippen molar-refractivity contribution >= 4 is 5.97 Å². The summed E-state index contributed by atoms with van der Waals surface area (Å²) in [6.07, 6.45) is 9.68. The molecule has 4 N–H and O–H groups in total. The zero-order chi connectivity index (χ0) is 17.5. The minimum absolute atomic E-state index is 0.0595.